The maximum atomic E-state index is 6.26. The molecule has 1 saturated carbocycles. The molecule has 2 aliphatic heterocycles. The van der Waals surface area contributed by atoms with Crippen molar-refractivity contribution in [3.8, 4) is 17.1 Å². The van der Waals surface area contributed by atoms with Crippen LogP contribution in [0.4, 0.5) is 11.9 Å². The molecule has 3 fully saturated rings. The van der Waals surface area contributed by atoms with Crippen molar-refractivity contribution < 1.29 is 14.2 Å². The molecule has 0 atom stereocenters. The van der Waals surface area contributed by atoms with Gasteiger partial charge in [-0.05, 0) is 0 Å². The molecule has 4 heterocycles. The van der Waals surface area contributed by atoms with Crippen LogP contribution in [0.3, 0.4) is 0 Å². The summed E-state index contributed by atoms with van der Waals surface area (Å²) < 4.78 is 17.2. The third-order valence-electron chi connectivity index (χ3n) is 5.87. The van der Waals surface area contributed by atoms with Crippen molar-refractivity contribution >= 4 is 11.9 Å². The van der Waals surface area contributed by atoms with Gasteiger partial charge in [0.25, 0.3) is 0 Å². The van der Waals surface area contributed by atoms with Crippen molar-refractivity contribution in [1.82, 2.24) is 24.8 Å². The number of hydrogen-bond donors (Lipinski definition) is 1. The van der Waals surface area contributed by atoms with E-state index in [1.807, 2.05) is 6.07 Å². The van der Waals surface area contributed by atoms with Crippen LogP contribution in [0, 0.1) is 0 Å². The summed E-state index contributed by atoms with van der Waals surface area (Å²) in [6.07, 6.45) is 5.54. The van der Waals surface area contributed by atoms with E-state index in [9.17, 15) is 0 Å². The summed E-state index contributed by atoms with van der Waals surface area (Å²) >= 11 is 0. The van der Waals surface area contributed by atoms with Crippen molar-refractivity contribution in [3.63, 3.8) is 0 Å². The van der Waals surface area contributed by atoms with Gasteiger partial charge in [-0.25, -0.2) is 15.0 Å². The summed E-state index contributed by atoms with van der Waals surface area (Å²) in [7, 11) is 0. The Morgan fingerprint density at radius 2 is 1.60 bits per heavy atom. The first-order valence-electron chi connectivity index (χ1n) is 10.5. The topological polar surface area (TPSA) is 112 Å². The molecule has 10 heteroatoms. The molecule has 2 N–H and O–H groups in total. The highest BCUT2D eigenvalue weighted by molar-refractivity contribution is 5.60. The third-order valence-corrected chi connectivity index (χ3v) is 5.87. The van der Waals surface area contributed by atoms with Gasteiger partial charge in [0.1, 0.15) is 6.10 Å². The van der Waals surface area contributed by atoms with E-state index >= 15 is 0 Å². The summed E-state index contributed by atoms with van der Waals surface area (Å²) in [5.41, 5.74) is 7.14. The Hall–Kier alpha value is -2.56. The van der Waals surface area contributed by atoms with Gasteiger partial charge < -0.3 is 24.8 Å². The molecule has 2 saturated heterocycles. The summed E-state index contributed by atoms with van der Waals surface area (Å²) in [6, 6.07) is 2.44. The van der Waals surface area contributed by atoms with Crippen LogP contribution in [0.5, 0.6) is 5.88 Å². The molecule has 0 spiro atoms. The number of ether oxygens (including phenoxy) is 3. The number of morpholine rings is 2. The van der Waals surface area contributed by atoms with E-state index in [2.05, 4.69) is 19.8 Å². The molecule has 0 bridgehead atoms. The van der Waals surface area contributed by atoms with Gasteiger partial charge in [-0.1, -0.05) is 0 Å². The highest BCUT2D eigenvalue weighted by atomic mass is 16.5. The first kappa shape index (κ1) is 19.4. The average Bonchev–Trinajstić information content (AvgIpc) is 2.77. The maximum absolute atomic E-state index is 6.26. The van der Waals surface area contributed by atoms with Crippen LogP contribution in [-0.4, -0.2) is 89.6 Å². The van der Waals surface area contributed by atoms with Gasteiger partial charge in [0.15, 0.2) is 0 Å². The zero-order valence-electron chi connectivity index (χ0n) is 16.9. The summed E-state index contributed by atoms with van der Waals surface area (Å²) in [6.45, 7) is 6.50. The second-order valence-corrected chi connectivity index (χ2v) is 7.83. The lowest BCUT2D eigenvalue weighted by molar-refractivity contribution is -0.0383. The quantitative estimate of drug-likeness (QED) is 0.747. The van der Waals surface area contributed by atoms with Gasteiger partial charge >= 0.3 is 0 Å². The number of hydrogen-bond acceptors (Lipinski definition) is 10. The molecule has 2 aromatic rings. The van der Waals surface area contributed by atoms with Gasteiger partial charge in [0.05, 0.1) is 32.1 Å². The lowest BCUT2D eigenvalue weighted by Gasteiger charge is -2.43. The van der Waals surface area contributed by atoms with Crippen LogP contribution in [0.15, 0.2) is 18.5 Å². The number of nitrogens with two attached hydrogens (primary N) is 1. The van der Waals surface area contributed by atoms with Gasteiger partial charge in [-0.3, -0.25) is 4.90 Å². The average molecular weight is 413 g/mol. The summed E-state index contributed by atoms with van der Waals surface area (Å²) in [5.74, 6) is 1.47. The molecular weight excluding hydrogens is 386 g/mol. The third kappa shape index (κ3) is 4.30. The van der Waals surface area contributed by atoms with Gasteiger partial charge in [-0.2, -0.15) is 4.98 Å². The molecule has 160 valence electrons. The largest absolute Gasteiger partial charge is 0.474 e. The molecular formula is C20H27N7O3. The predicted octanol–water partition coefficient (Wildman–Crippen LogP) is 0.594. The molecule has 0 amide bonds. The summed E-state index contributed by atoms with van der Waals surface area (Å²) in [4.78, 5) is 22.2. The minimum Gasteiger partial charge on any atom is -0.474 e. The minimum absolute atomic E-state index is 0.167. The van der Waals surface area contributed by atoms with Crippen molar-refractivity contribution in [2.75, 3.05) is 63.2 Å². The normalized spacial score (nSPS) is 25.0. The molecule has 0 unspecified atom stereocenters. The van der Waals surface area contributed by atoms with Crippen LogP contribution in [0.2, 0.25) is 0 Å². The fourth-order valence-electron chi connectivity index (χ4n) is 4.04. The molecule has 1 aliphatic carbocycles. The molecule has 2 aromatic heterocycles. The highest BCUT2D eigenvalue weighted by Crippen LogP contribution is 2.32. The van der Waals surface area contributed by atoms with Crippen LogP contribution in [0.25, 0.3) is 11.3 Å². The van der Waals surface area contributed by atoms with E-state index in [0.29, 0.717) is 31.1 Å². The molecule has 3 aliphatic rings. The molecule has 10 nitrogen and oxygen atoms in total. The van der Waals surface area contributed by atoms with E-state index in [1.54, 1.807) is 12.4 Å². The van der Waals surface area contributed by atoms with Crippen molar-refractivity contribution in [3.05, 3.63) is 18.5 Å². The number of aromatic nitrogens is 4. The Labute approximate surface area is 175 Å². The van der Waals surface area contributed by atoms with Crippen LogP contribution in [-0.2, 0) is 9.47 Å². The van der Waals surface area contributed by atoms with E-state index < -0.39 is 0 Å². The fraction of sp³-hybridized carbons (Fsp3) is 0.600. The number of nitrogens with zero attached hydrogens (tertiary/aromatic N) is 6. The van der Waals surface area contributed by atoms with Crippen LogP contribution >= 0.6 is 0 Å². The lowest BCUT2D eigenvalue weighted by Crippen LogP contribution is -2.52. The van der Waals surface area contributed by atoms with E-state index in [-0.39, 0.29) is 12.1 Å². The Bertz CT molecular complexity index is 848. The SMILES string of the molecule is Nc1ncc(-c2cc(OC3CC(N4CCOCC4)C3)nc(N3CCOCC3)n2)cn1. The minimum atomic E-state index is 0.167. The van der Waals surface area contributed by atoms with Gasteiger partial charge in [0, 0.05) is 69.1 Å². The van der Waals surface area contributed by atoms with Gasteiger partial charge in [-0.15, -0.1) is 0 Å². The van der Waals surface area contributed by atoms with Gasteiger partial charge in [0.2, 0.25) is 17.8 Å². The Morgan fingerprint density at radius 1 is 0.933 bits per heavy atom. The van der Waals surface area contributed by atoms with E-state index in [1.165, 1.54) is 0 Å². The Kier molecular flexibility index (Phi) is 5.60. The second-order valence-electron chi connectivity index (χ2n) is 7.83. The van der Waals surface area contributed by atoms with Crippen molar-refractivity contribution in [2.45, 2.75) is 25.0 Å². The highest BCUT2D eigenvalue weighted by Gasteiger charge is 2.36. The number of rotatable bonds is 5. The van der Waals surface area contributed by atoms with E-state index in [4.69, 9.17) is 29.9 Å². The molecule has 30 heavy (non-hydrogen) atoms. The van der Waals surface area contributed by atoms with Crippen molar-refractivity contribution in [2.24, 2.45) is 0 Å². The van der Waals surface area contributed by atoms with Crippen LogP contribution < -0.4 is 15.4 Å². The fourth-order valence-corrected chi connectivity index (χ4v) is 4.04. The Morgan fingerprint density at radius 3 is 2.30 bits per heavy atom. The summed E-state index contributed by atoms with van der Waals surface area (Å²) in [5, 5.41) is 0. The monoisotopic (exact) mass is 413 g/mol. The molecule has 0 radical (unpaired) electrons. The lowest BCUT2D eigenvalue weighted by atomic mass is 9.87. The number of nitrogen functional groups attached to an aromatic ring is 1. The van der Waals surface area contributed by atoms with E-state index in [0.717, 1.165) is 63.5 Å². The maximum Gasteiger partial charge on any atom is 0.229 e. The predicted molar refractivity (Wildman–Crippen MR) is 110 cm³/mol. The molecule has 5 rings (SSSR count). The first-order chi connectivity index (χ1) is 14.7. The molecule has 0 aromatic carbocycles. The standard InChI is InChI=1S/C20H27N7O3/c21-19-22-12-14(13-23-19)17-11-18(25-20(24-17)27-3-7-29-8-4-27)30-16-9-15(10-16)26-1-5-28-6-2-26/h11-13,15-16H,1-10H2,(H2,21,22,23). The second kappa shape index (κ2) is 8.66. The smallest absolute Gasteiger partial charge is 0.229 e. The number of anilines is 2. The van der Waals surface area contributed by atoms with Crippen LogP contribution in [0.1, 0.15) is 12.8 Å². The van der Waals surface area contributed by atoms with Crippen molar-refractivity contribution in [1.29, 1.82) is 0 Å². The zero-order chi connectivity index (χ0) is 20.3. The first-order valence-corrected chi connectivity index (χ1v) is 10.5. The Balaban J connectivity index is 1.33. The zero-order valence-corrected chi connectivity index (χ0v) is 16.9.